The molecule has 23 heavy (non-hydrogen) atoms. The van der Waals surface area contributed by atoms with Gasteiger partial charge in [-0.05, 0) is 53.2 Å². The number of aldehydes is 1. The maximum absolute atomic E-state index is 13.9. The molecule has 6 heteroatoms. The zero-order valence-electron chi connectivity index (χ0n) is 13.0. The Labute approximate surface area is 135 Å². The highest BCUT2D eigenvalue weighted by atomic mass is 31.0. The standard InChI is InChI=1S/C15H11F2O3P.C2H6/c1-8-2-3-9(15(19)20-17)4-11(8)10-5-13(16)12(7-18)14(21)6-10;1-2/h2-7H,21H2,1H3;1-2H3. The largest absolute Gasteiger partial charge is 0.379 e. The van der Waals surface area contributed by atoms with Crippen LogP contribution in [0.1, 0.15) is 40.1 Å². The minimum Gasteiger partial charge on any atom is -0.298 e. The highest BCUT2D eigenvalue weighted by molar-refractivity contribution is 7.27. The molecule has 0 bridgehead atoms. The van der Waals surface area contributed by atoms with Gasteiger partial charge in [-0.1, -0.05) is 19.9 Å². The number of halogens is 2. The third kappa shape index (κ3) is 4.20. The van der Waals surface area contributed by atoms with Crippen LogP contribution < -0.4 is 5.30 Å². The Morgan fingerprint density at radius 3 is 2.39 bits per heavy atom. The van der Waals surface area contributed by atoms with Crippen molar-refractivity contribution in [2.75, 3.05) is 0 Å². The summed E-state index contributed by atoms with van der Waals surface area (Å²) >= 11 is 0. The minimum absolute atomic E-state index is 0.0169. The maximum Gasteiger partial charge on any atom is 0.379 e. The summed E-state index contributed by atoms with van der Waals surface area (Å²) in [5, 5.41) is 0.401. The number of benzene rings is 2. The molecule has 1 unspecified atom stereocenters. The van der Waals surface area contributed by atoms with Crippen LogP contribution in [0.2, 0.25) is 0 Å². The highest BCUT2D eigenvalue weighted by Crippen LogP contribution is 2.26. The number of rotatable bonds is 3. The third-order valence-electron chi connectivity index (χ3n) is 3.13. The molecule has 0 fully saturated rings. The molecule has 0 radical (unpaired) electrons. The minimum atomic E-state index is -1.12. The summed E-state index contributed by atoms with van der Waals surface area (Å²) in [7, 11) is 2.28. The second-order valence-corrected chi connectivity index (χ2v) is 5.10. The molecule has 2 aromatic carbocycles. The van der Waals surface area contributed by atoms with Crippen LogP contribution in [0.3, 0.4) is 0 Å². The predicted molar refractivity (Wildman–Crippen MR) is 89.2 cm³/mol. The molecule has 0 spiro atoms. The summed E-state index contributed by atoms with van der Waals surface area (Å²) in [4.78, 5) is 25.2. The van der Waals surface area contributed by atoms with Crippen LogP contribution in [0.25, 0.3) is 11.1 Å². The molecule has 0 N–H and O–H groups in total. The molecule has 0 saturated heterocycles. The highest BCUT2D eigenvalue weighted by Gasteiger charge is 2.14. The average Bonchev–Trinajstić information content (AvgIpc) is 2.56. The van der Waals surface area contributed by atoms with E-state index in [9.17, 15) is 18.5 Å². The van der Waals surface area contributed by atoms with Crippen molar-refractivity contribution in [3.05, 3.63) is 52.8 Å². The summed E-state index contributed by atoms with van der Waals surface area (Å²) in [5.74, 6) is -1.78. The smallest absolute Gasteiger partial charge is 0.298 e. The predicted octanol–water partition coefficient (Wildman–Crippen LogP) is 4.18. The van der Waals surface area contributed by atoms with Gasteiger partial charge in [0.15, 0.2) is 6.29 Å². The first-order valence-corrected chi connectivity index (χ1v) is 7.53. The van der Waals surface area contributed by atoms with Crippen molar-refractivity contribution in [3.63, 3.8) is 0 Å². The summed E-state index contributed by atoms with van der Waals surface area (Å²) < 4.78 is 25.8. The molecule has 3 nitrogen and oxygen atoms in total. The third-order valence-corrected chi connectivity index (χ3v) is 3.61. The van der Waals surface area contributed by atoms with Gasteiger partial charge in [-0.15, -0.1) is 9.24 Å². The molecular weight excluding hydrogens is 321 g/mol. The van der Waals surface area contributed by atoms with Crippen LogP contribution in [0, 0.1) is 12.7 Å². The zero-order chi connectivity index (χ0) is 17.6. The molecule has 0 aliphatic rings. The summed E-state index contributed by atoms with van der Waals surface area (Å²) in [6.07, 6.45) is 0.436. The van der Waals surface area contributed by atoms with E-state index in [1.807, 2.05) is 13.8 Å². The van der Waals surface area contributed by atoms with Crippen molar-refractivity contribution in [1.29, 1.82) is 0 Å². The summed E-state index contributed by atoms with van der Waals surface area (Å²) in [6.45, 7) is 5.77. The SMILES string of the molecule is CC.Cc1ccc(C(=O)OF)cc1-c1cc(F)c(C=O)c(P)c1. The van der Waals surface area contributed by atoms with E-state index < -0.39 is 11.8 Å². The molecule has 0 amide bonds. The van der Waals surface area contributed by atoms with E-state index in [0.717, 1.165) is 5.56 Å². The van der Waals surface area contributed by atoms with Gasteiger partial charge in [-0.25, -0.2) is 14.1 Å². The van der Waals surface area contributed by atoms with E-state index in [0.29, 0.717) is 22.7 Å². The molecule has 122 valence electrons. The molecular formula is C17H17F2O3P. The summed E-state index contributed by atoms with van der Waals surface area (Å²) in [6, 6.07) is 7.24. The average molecular weight is 338 g/mol. The topological polar surface area (TPSA) is 43.4 Å². The van der Waals surface area contributed by atoms with Gasteiger partial charge in [-0.3, -0.25) is 4.79 Å². The van der Waals surface area contributed by atoms with Crippen molar-refractivity contribution in [2.45, 2.75) is 20.8 Å². The van der Waals surface area contributed by atoms with E-state index in [4.69, 9.17) is 0 Å². The van der Waals surface area contributed by atoms with Gasteiger partial charge in [0.1, 0.15) is 5.82 Å². The van der Waals surface area contributed by atoms with E-state index in [1.165, 1.54) is 18.2 Å². The van der Waals surface area contributed by atoms with Crippen molar-refractivity contribution in [1.82, 2.24) is 0 Å². The van der Waals surface area contributed by atoms with Crippen molar-refractivity contribution >= 4 is 26.8 Å². The second kappa shape index (κ2) is 8.49. The van der Waals surface area contributed by atoms with Crippen molar-refractivity contribution in [2.24, 2.45) is 0 Å². The molecule has 0 aliphatic heterocycles. The van der Waals surface area contributed by atoms with Crippen molar-refractivity contribution < 1.29 is 23.4 Å². The van der Waals surface area contributed by atoms with Gasteiger partial charge < -0.3 is 0 Å². The lowest BCUT2D eigenvalue weighted by Crippen LogP contribution is -2.06. The van der Waals surface area contributed by atoms with Crippen LogP contribution in [0.15, 0.2) is 30.3 Å². The van der Waals surface area contributed by atoms with Gasteiger partial charge in [0.2, 0.25) is 0 Å². The zero-order valence-corrected chi connectivity index (χ0v) is 14.2. The Hall–Kier alpha value is -2.13. The van der Waals surface area contributed by atoms with E-state index >= 15 is 0 Å². The molecule has 1 atom stereocenters. The normalized spacial score (nSPS) is 9.65. The number of carbonyl (C=O) groups excluding carboxylic acids is 2. The Balaban J connectivity index is 0.00000127. The van der Waals surface area contributed by atoms with Gasteiger partial charge in [0.05, 0.1) is 11.1 Å². The quantitative estimate of drug-likeness (QED) is 0.623. The van der Waals surface area contributed by atoms with Crippen LogP contribution in [-0.4, -0.2) is 12.3 Å². The molecule has 2 rings (SSSR count). The van der Waals surface area contributed by atoms with E-state index in [1.54, 1.807) is 19.1 Å². The molecule has 0 aliphatic carbocycles. The summed E-state index contributed by atoms with van der Waals surface area (Å²) in [5.41, 5.74) is 1.78. The first kappa shape index (κ1) is 18.9. The van der Waals surface area contributed by atoms with E-state index in [-0.39, 0.29) is 11.1 Å². The number of carbonyl (C=O) groups is 2. The number of hydrogen-bond acceptors (Lipinski definition) is 3. The fourth-order valence-corrected chi connectivity index (χ4v) is 2.41. The fourth-order valence-electron chi connectivity index (χ4n) is 2.02. The van der Waals surface area contributed by atoms with Crippen LogP contribution in [-0.2, 0) is 4.94 Å². The molecule has 2 aromatic rings. The Kier molecular flexibility index (Phi) is 6.98. The first-order valence-electron chi connectivity index (χ1n) is 6.96. The van der Waals surface area contributed by atoms with Gasteiger partial charge >= 0.3 is 5.97 Å². The lowest BCUT2D eigenvalue weighted by atomic mass is 9.97. The Morgan fingerprint density at radius 2 is 1.87 bits per heavy atom. The molecule has 0 saturated carbocycles. The van der Waals surface area contributed by atoms with Crippen LogP contribution >= 0.6 is 9.24 Å². The van der Waals surface area contributed by atoms with Gasteiger partial charge in [0.25, 0.3) is 0 Å². The van der Waals surface area contributed by atoms with Gasteiger partial charge in [-0.2, -0.15) is 0 Å². The monoisotopic (exact) mass is 338 g/mol. The van der Waals surface area contributed by atoms with Crippen LogP contribution in [0.4, 0.5) is 8.92 Å². The van der Waals surface area contributed by atoms with Crippen molar-refractivity contribution in [3.8, 4) is 11.1 Å². The first-order chi connectivity index (χ1) is 11.0. The molecule has 0 aromatic heterocycles. The number of aryl methyl sites for hydroxylation is 1. The Morgan fingerprint density at radius 1 is 1.22 bits per heavy atom. The Bertz CT molecular complexity index is 707. The van der Waals surface area contributed by atoms with Gasteiger partial charge in [0, 0.05) is 4.53 Å². The fraction of sp³-hybridized carbons (Fsp3) is 0.176. The van der Waals surface area contributed by atoms with E-state index in [2.05, 4.69) is 14.2 Å². The lowest BCUT2D eigenvalue weighted by Gasteiger charge is -2.10. The van der Waals surface area contributed by atoms with Crippen LogP contribution in [0.5, 0.6) is 0 Å². The molecule has 0 heterocycles. The lowest BCUT2D eigenvalue weighted by molar-refractivity contribution is -0.0787. The number of hydrogen-bond donors (Lipinski definition) is 0. The second-order valence-electron chi connectivity index (χ2n) is 4.47. The maximum atomic E-state index is 13.9.